The van der Waals surface area contributed by atoms with E-state index in [2.05, 4.69) is 10.1 Å². The van der Waals surface area contributed by atoms with E-state index in [1.807, 2.05) is 19.1 Å². The van der Waals surface area contributed by atoms with Crippen molar-refractivity contribution < 1.29 is 0 Å². The number of hydrogen-bond acceptors (Lipinski definition) is 3. The molecular formula is C15H12Cl2N4. The third kappa shape index (κ3) is 2.73. The molecule has 0 aliphatic heterocycles. The number of nitrogens with zero attached hydrogens (tertiary/aromatic N) is 3. The number of rotatable bonds is 2. The molecule has 0 atom stereocenters. The number of aromatic nitrogens is 3. The quantitative estimate of drug-likeness (QED) is 0.772. The number of halogens is 2. The Hall–Kier alpha value is -2.04. The molecule has 0 aliphatic rings. The molecule has 2 N–H and O–H groups in total. The second-order valence-corrected chi connectivity index (χ2v) is 5.54. The first-order valence-corrected chi connectivity index (χ1v) is 7.04. The average Bonchev–Trinajstić information content (AvgIpc) is 2.81. The molecule has 3 aromatic rings. The summed E-state index contributed by atoms with van der Waals surface area (Å²) < 4.78 is 1.64. The lowest BCUT2D eigenvalue weighted by Crippen LogP contribution is -1.98. The van der Waals surface area contributed by atoms with Crippen LogP contribution in [-0.4, -0.2) is 14.8 Å². The van der Waals surface area contributed by atoms with Crippen LogP contribution in [0.15, 0.2) is 42.7 Å². The van der Waals surface area contributed by atoms with Crippen molar-refractivity contribution in [1.82, 2.24) is 14.8 Å². The summed E-state index contributed by atoms with van der Waals surface area (Å²) in [6.45, 7) is 2.00. The van der Waals surface area contributed by atoms with Gasteiger partial charge >= 0.3 is 0 Å². The van der Waals surface area contributed by atoms with E-state index >= 15 is 0 Å². The molecule has 0 aliphatic carbocycles. The van der Waals surface area contributed by atoms with Crippen molar-refractivity contribution >= 4 is 28.9 Å². The zero-order chi connectivity index (χ0) is 15.0. The van der Waals surface area contributed by atoms with Crippen molar-refractivity contribution in [3.8, 4) is 17.1 Å². The summed E-state index contributed by atoms with van der Waals surface area (Å²) in [5, 5.41) is 5.57. The van der Waals surface area contributed by atoms with Crippen molar-refractivity contribution in [3.05, 3.63) is 58.3 Å². The lowest BCUT2D eigenvalue weighted by molar-refractivity contribution is 0.848. The molecule has 0 unspecified atom stereocenters. The van der Waals surface area contributed by atoms with Gasteiger partial charge in [-0.25, -0.2) is 9.67 Å². The molecule has 4 nitrogen and oxygen atoms in total. The molecule has 6 heteroatoms. The number of nitrogen functional groups attached to an aromatic ring is 1. The van der Waals surface area contributed by atoms with Crippen LogP contribution in [0, 0.1) is 6.92 Å². The van der Waals surface area contributed by atoms with Crippen molar-refractivity contribution in [2.24, 2.45) is 0 Å². The van der Waals surface area contributed by atoms with Gasteiger partial charge in [0.1, 0.15) is 5.69 Å². The first-order chi connectivity index (χ1) is 10.0. The zero-order valence-corrected chi connectivity index (χ0v) is 12.7. The van der Waals surface area contributed by atoms with Gasteiger partial charge in [-0.05, 0) is 42.8 Å². The highest BCUT2D eigenvalue weighted by atomic mass is 35.5. The number of hydrogen-bond donors (Lipinski definition) is 1. The Morgan fingerprint density at radius 1 is 1.14 bits per heavy atom. The van der Waals surface area contributed by atoms with Crippen LogP contribution in [-0.2, 0) is 0 Å². The van der Waals surface area contributed by atoms with Crippen LogP contribution >= 0.6 is 23.2 Å². The third-order valence-corrected chi connectivity index (χ3v) is 3.61. The van der Waals surface area contributed by atoms with Crippen molar-refractivity contribution in [2.45, 2.75) is 6.92 Å². The highest BCUT2D eigenvalue weighted by Gasteiger charge is 2.13. The standard InChI is InChI=1S/C15H12Cl2N4/c1-9-4-5-19-14(6-9)21-8-13(18)15(20-21)11-3-2-10(16)7-12(11)17/h2-8H,18H2,1H3. The van der Waals surface area contributed by atoms with Crippen molar-refractivity contribution in [1.29, 1.82) is 0 Å². The van der Waals surface area contributed by atoms with Crippen LogP contribution in [0.3, 0.4) is 0 Å². The lowest BCUT2D eigenvalue weighted by atomic mass is 10.1. The van der Waals surface area contributed by atoms with Crippen LogP contribution in [0.4, 0.5) is 5.69 Å². The molecule has 0 radical (unpaired) electrons. The Bertz CT molecular complexity index is 811. The minimum Gasteiger partial charge on any atom is -0.396 e. The molecule has 0 bridgehead atoms. The van der Waals surface area contributed by atoms with Crippen molar-refractivity contribution in [3.63, 3.8) is 0 Å². The van der Waals surface area contributed by atoms with Gasteiger partial charge < -0.3 is 5.73 Å². The van der Waals surface area contributed by atoms with Gasteiger partial charge in [0.2, 0.25) is 0 Å². The molecular weight excluding hydrogens is 307 g/mol. The van der Waals surface area contributed by atoms with Gasteiger partial charge in [-0.2, -0.15) is 5.10 Å². The van der Waals surface area contributed by atoms with Crippen molar-refractivity contribution in [2.75, 3.05) is 5.73 Å². The maximum absolute atomic E-state index is 6.21. The normalized spacial score (nSPS) is 10.8. The van der Waals surface area contributed by atoms with Gasteiger partial charge in [-0.1, -0.05) is 23.2 Å². The minimum atomic E-state index is 0.511. The second kappa shape index (κ2) is 5.39. The molecule has 21 heavy (non-hydrogen) atoms. The van der Waals surface area contributed by atoms with E-state index in [-0.39, 0.29) is 0 Å². The highest BCUT2D eigenvalue weighted by molar-refractivity contribution is 6.36. The predicted octanol–water partition coefficient (Wildman–Crippen LogP) is 4.13. The van der Waals surface area contributed by atoms with Gasteiger partial charge in [-0.3, -0.25) is 0 Å². The summed E-state index contributed by atoms with van der Waals surface area (Å²) in [5.41, 5.74) is 9.03. The monoisotopic (exact) mass is 318 g/mol. The zero-order valence-electron chi connectivity index (χ0n) is 11.2. The Labute approximate surface area is 132 Å². The molecule has 3 rings (SSSR count). The first-order valence-electron chi connectivity index (χ1n) is 6.28. The fraction of sp³-hybridized carbons (Fsp3) is 0.0667. The average molecular weight is 319 g/mol. The lowest BCUT2D eigenvalue weighted by Gasteiger charge is -2.03. The second-order valence-electron chi connectivity index (χ2n) is 4.69. The summed E-state index contributed by atoms with van der Waals surface area (Å²) in [7, 11) is 0. The number of aryl methyl sites for hydroxylation is 1. The topological polar surface area (TPSA) is 56.7 Å². The number of pyridine rings is 1. The Morgan fingerprint density at radius 3 is 2.67 bits per heavy atom. The summed E-state index contributed by atoms with van der Waals surface area (Å²) in [5.74, 6) is 0.707. The summed E-state index contributed by atoms with van der Waals surface area (Å²) >= 11 is 12.1. The third-order valence-electron chi connectivity index (χ3n) is 3.06. The van der Waals surface area contributed by atoms with E-state index in [4.69, 9.17) is 28.9 Å². The molecule has 0 amide bonds. The number of anilines is 1. The predicted molar refractivity (Wildman–Crippen MR) is 86.0 cm³/mol. The maximum atomic E-state index is 6.21. The molecule has 0 saturated heterocycles. The van der Waals surface area contributed by atoms with E-state index in [9.17, 15) is 0 Å². The van der Waals surface area contributed by atoms with Gasteiger partial charge in [0.15, 0.2) is 5.82 Å². The molecule has 0 saturated carbocycles. The fourth-order valence-electron chi connectivity index (χ4n) is 2.04. The van der Waals surface area contributed by atoms with Gasteiger partial charge in [-0.15, -0.1) is 0 Å². The van der Waals surface area contributed by atoms with E-state index in [0.29, 0.717) is 27.2 Å². The smallest absolute Gasteiger partial charge is 0.153 e. The highest BCUT2D eigenvalue weighted by Crippen LogP contribution is 2.33. The molecule has 106 valence electrons. The maximum Gasteiger partial charge on any atom is 0.153 e. The Kier molecular flexibility index (Phi) is 3.57. The van der Waals surface area contributed by atoms with E-state index in [1.54, 1.807) is 35.3 Å². The molecule has 0 spiro atoms. The molecule has 2 heterocycles. The van der Waals surface area contributed by atoms with E-state index in [0.717, 1.165) is 11.1 Å². The number of nitrogens with two attached hydrogens (primary N) is 1. The Morgan fingerprint density at radius 2 is 1.95 bits per heavy atom. The fourth-order valence-corrected chi connectivity index (χ4v) is 2.54. The Balaban J connectivity index is 2.10. The van der Waals surface area contributed by atoms with Crippen LogP contribution in [0.2, 0.25) is 10.0 Å². The largest absolute Gasteiger partial charge is 0.396 e. The summed E-state index contributed by atoms with van der Waals surface area (Å²) in [6, 6.07) is 9.08. The molecule has 2 aromatic heterocycles. The summed E-state index contributed by atoms with van der Waals surface area (Å²) in [4.78, 5) is 4.29. The van der Waals surface area contributed by atoms with Crippen LogP contribution < -0.4 is 5.73 Å². The number of benzene rings is 1. The van der Waals surface area contributed by atoms with Crippen LogP contribution in [0.25, 0.3) is 17.1 Å². The molecule has 1 aromatic carbocycles. The molecule has 0 fully saturated rings. The van der Waals surface area contributed by atoms with Crippen LogP contribution in [0.1, 0.15) is 5.56 Å². The van der Waals surface area contributed by atoms with Gasteiger partial charge in [0.05, 0.1) is 16.9 Å². The summed E-state index contributed by atoms with van der Waals surface area (Å²) in [6.07, 6.45) is 3.46. The first kappa shape index (κ1) is 13.9. The van der Waals surface area contributed by atoms with Gasteiger partial charge in [0.25, 0.3) is 0 Å². The SMILES string of the molecule is Cc1ccnc(-n2cc(N)c(-c3ccc(Cl)cc3Cl)n2)c1. The van der Waals surface area contributed by atoms with E-state index < -0.39 is 0 Å². The van der Waals surface area contributed by atoms with Gasteiger partial charge in [0, 0.05) is 16.8 Å². The minimum absolute atomic E-state index is 0.511. The van der Waals surface area contributed by atoms with Crippen LogP contribution in [0.5, 0.6) is 0 Å². The van der Waals surface area contributed by atoms with E-state index in [1.165, 1.54) is 0 Å².